The highest BCUT2D eigenvalue weighted by Crippen LogP contribution is 2.46. The second-order valence-electron chi connectivity index (χ2n) is 10.5. The largest absolute Gasteiger partial charge is 0.370 e. The second-order valence-corrected chi connectivity index (χ2v) is 11.7. The Morgan fingerprint density at radius 1 is 1.20 bits per heavy atom. The van der Waals surface area contributed by atoms with E-state index in [4.69, 9.17) is 4.74 Å². The number of likely N-dealkylation sites (tertiary alicyclic amines) is 1. The molecule has 1 unspecified atom stereocenters. The molecule has 0 N–H and O–H groups in total. The molecule has 8 nitrogen and oxygen atoms in total. The average Bonchev–Trinajstić information content (AvgIpc) is 3.64. The van der Waals surface area contributed by atoms with Gasteiger partial charge in [0, 0.05) is 48.3 Å². The summed E-state index contributed by atoms with van der Waals surface area (Å²) in [5.74, 6) is 2.15. The molecule has 0 aliphatic carbocycles. The highest BCUT2D eigenvalue weighted by molar-refractivity contribution is 7.12. The monoisotopic (exact) mass is 495 g/mol. The van der Waals surface area contributed by atoms with Gasteiger partial charge in [-0.3, -0.25) is 4.90 Å². The Kier molecular flexibility index (Phi) is 6.26. The van der Waals surface area contributed by atoms with E-state index >= 15 is 0 Å². The SMILES string of the molecule is CCCC(c1nnc2n1CCC2)n1cc(CN2CC[C@]3(C[C@@H]2C)OCCc2sc(CC)cc23)nn1. The fourth-order valence-corrected chi connectivity index (χ4v) is 7.51. The van der Waals surface area contributed by atoms with Gasteiger partial charge in [0.15, 0.2) is 5.82 Å². The van der Waals surface area contributed by atoms with Crippen molar-refractivity contribution in [1.82, 2.24) is 34.7 Å². The van der Waals surface area contributed by atoms with Crippen LogP contribution in [0, 0.1) is 0 Å². The van der Waals surface area contributed by atoms with Gasteiger partial charge in [-0.05, 0) is 50.7 Å². The first-order chi connectivity index (χ1) is 17.1. The molecule has 3 aliphatic heterocycles. The molecule has 0 bridgehead atoms. The molecule has 3 aliphatic rings. The van der Waals surface area contributed by atoms with Crippen molar-refractivity contribution in [3.63, 3.8) is 0 Å². The number of hydrogen-bond acceptors (Lipinski definition) is 7. The molecule has 1 spiro atoms. The molecular weight excluding hydrogens is 458 g/mol. The Labute approximate surface area is 211 Å². The van der Waals surface area contributed by atoms with Gasteiger partial charge in [-0.15, -0.1) is 26.6 Å². The van der Waals surface area contributed by atoms with E-state index in [-0.39, 0.29) is 11.6 Å². The predicted octanol–water partition coefficient (Wildman–Crippen LogP) is 4.28. The van der Waals surface area contributed by atoms with E-state index in [1.54, 1.807) is 4.88 Å². The number of fused-ring (bicyclic) bond motifs is 3. The third-order valence-corrected chi connectivity index (χ3v) is 9.54. The Morgan fingerprint density at radius 3 is 2.94 bits per heavy atom. The lowest BCUT2D eigenvalue weighted by Gasteiger charge is -2.47. The molecule has 6 rings (SSSR count). The average molecular weight is 496 g/mol. The maximum atomic E-state index is 6.53. The van der Waals surface area contributed by atoms with Crippen LogP contribution in [0.1, 0.15) is 91.6 Å². The molecule has 6 heterocycles. The zero-order chi connectivity index (χ0) is 24.0. The Hall–Kier alpha value is -2.10. The van der Waals surface area contributed by atoms with E-state index < -0.39 is 0 Å². The van der Waals surface area contributed by atoms with Crippen LogP contribution in [-0.4, -0.2) is 53.9 Å². The smallest absolute Gasteiger partial charge is 0.158 e. The summed E-state index contributed by atoms with van der Waals surface area (Å²) in [6.07, 6.45) is 10.6. The number of hydrogen-bond donors (Lipinski definition) is 0. The van der Waals surface area contributed by atoms with E-state index in [2.05, 4.69) is 63.0 Å². The molecule has 0 aromatic carbocycles. The summed E-state index contributed by atoms with van der Waals surface area (Å²) < 4.78 is 10.9. The number of aryl methyl sites for hydroxylation is 2. The van der Waals surface area contributed by atoms with Crippen LogP contribution in [0.15, 0.2) is 12.3 Å². The first-order valence-corrected chi connectivity index (χ1v) is 14.2. The fourth-order valence-electron chi connectivity index (χ4n) is 6.33. The maximum Gasteiger partial charge on any atom is 0.158 e. The first kappa shape index (κ1) is 23.3. The van der Waals surface area contributed by atoms with Gasteiger partial charge in [-0.25, -0.2) is 4.68 Å². The van der Waals surface area contributed by atoms with Gasteiger partial charge in [0.25, 0.3) is 0 Å². The summed E-state index contributed by atoms with van der Waals surface area (Å²) in [5, 5.41) is 18.1. The summed E-state index contributed by atoms with van der Waals surface area (Å²) in [4.78, 5) is 5.60. The van der Waals surface area contributed by atoms with E-state index in [0.717, 1.165) is 95.0 Å². The molecule has 3 aromatic rings. The van der Waals surface area contributed by atoms with Crippen LogP contribution in [0.4, 0.5) is 0 Å². The summed E-state index contributed by atoms with van der Waals surface area (Å²) in [6.45, 7) is 10.5. The van der Waals surface area contributed by atoms with Gasteiger partial charge >= 0.3 is 0 Å². The number of rotatable bonds is 7. The summed E-state index contributed by atoms with van der Waals surface area (Å²) in [5.41, 5.74) is 2.40. The molecule has 9 heteroatoms. The fraction of sp³-hybridized carbons (Fsp3) is 0.692. The number of thiophene rings is 1. The highest BCUT2D eigenvalue weighted by Gasteiger charge is 2.44. The predicted molar refractivity (Wildman–Crippen MR) is 136 cm³/mol. The van der Waals surface area contributed by atoms with Crippen molar-refractivity contribution in [2.45, 2.75) is 103 Å². The Balaban J connectivity index is 1.17. The quantitative estimate of drug-likeness (QED) is 0.487. The van der Waals surface area contributed by atoms with Gasteiger partial charge in [-0.2, -0.15) is 0 Å². The minimum atomic E-state index is -0.106. The lowest BCUT2D eigenvalue weighted by atomic mass is 9.79. The van der Waals surface area contributed by atoms with Gasteiger partial charge < -0.3 is 9.30 Å². The van der Waals surface area contributed by atoms with Crippen molar-refractivity contribution in [3.8, 4) is 0 Å². The minimum Gasteiger partial charge on any atom is -0.370 e. The standard InChI is InChI=1S/C26H37N7OS/c1-4-7-22(25-29-28-24-8-6-11-32(24)25)33-17-19(27-30-33)16-31-12-10-26(15-18(31)3)21-14-20(5-2)35-23(21)9-13-34-26/h14,17-18,22H,4-13,15-16H2,1-3H3/t18-,22?,26+/m0/s1. The van der Waals surface area contributed by atoms with Crippen LogP contribution in [0.2, 0.25) is 0 Å². The van der Waals surface area contributed by atoms with E-state index in [1.807, 2.05) is 16.0 Å². The third kappa shape index (κ3) is 4.15. The molecule has 0 saturated carbocycles. The van der Waals surface area contributed by atoms with Crippen molar-refractivity contribution in [2.75, 3.05) is 13.2 Å². The van der Waals surface area contributed by atoms with Crippen LogP contribution in [0.5, 0.6) is 0 Å². The van der Waals surface area contributed by atoms with E-state index in [1.165, 1.54) is 10.4 Å². The minimum absolute atomic E-state index is 0.100. The lowest BCUT2D eigenvalue weighted by Crippen LogP contribution is -2.50. The van der Waals surface area contributed by atoms with Crippen LogP contribution in [0.25, 0.3) is 0 Å². The third-order valence-electron chi connectivity index (χ3n) is 8.20. The number of aromatic nitrogens is 6. The first-order valence-electron chi connectivity index (χ1n) is 13.4. The number of ether oxygens (including phenoxy) is 1. The van der Waals surface area contributed by atoms with E-state index in [9.17, 15) is 0 Å². The van der Waals surface area contributed by atoms with Crippen LogP contribution in [-0.2, 0) is 42.7 Å². The molecular formula is C26H37N7OS. The van der Waals surface area contributed by atoms with Gasteiger partial charge in [-0.1, -0.05) is 25.5 Å². The van der Waals surface area contributed by atoms with Crippen LogP contribution >= 0.6 is 11.3 Å². The zero-order valence-electron chi connectivity index (χ0n) is 21.2. The second kappa shape index (κ2) is 9.41. The van der Waals surface area contributed by atoms with E-state index in [0.29, 0.717) is 6.04 Å². The van der Waals surface area contributed by atoms with Gasteiger partial charge in [0.05, 0.1) is 24.1 Å². The normalized spacial score (nSPS) is 25.2. The zero-order valence-corrected chi connectivity index (χ0v) is 22.1. The molecule has 188 valence electrons. The number of piperidine rings is 1. The van der Waals surface area contributed by atoms with Crippen molar-refractivity contribution in [3.05, 3.63) is 44.9 Å². The van der Waals surface area contributed by atoms with Crippen LogP contribution in [0.3, 0.4) is 0 Å². The van der Waals surface area contributed by atoms with Crippen molar-refractivity contribution >= 4 is 11.3 Å². The topological polar surface area (TPSA) is 73.9 Å². The molecule has 1 fully saturated rings. The molecule has 0 amide bonds. The molecule has 0 radical (unpaired) electrons. The van der Waals surface area contributed by atoms with Gasteiger partial charge in [0.2, 0.25) is 0 Å². The molecule has 3 aromatic heterocycles. The van der Waals surface area contributed by atoms with Crippen molar-refractivity contribution in [2.24, 2.45) is 0 Å². The molecule has 1 saturated heterocycles. The molecule has 3 atom stereocenters. The highest BCUT2D eigenvalue weighted by atomic mass is 32.1. The summed E-state index contributed by atoms with van der Waals surface area (Å²) in [6, 6.07) is 2.96. The Bertz CT molecular complexity index is 1180. The summed E-state index contributed by atoms with van der Waals surface area (Å²) >= 11 is 2.00. The summed E-state index contributed by atoms with van der Waals surface area (Å²) in [7, 11) is 0. The van der Waals surface area contributed by atoms with Crippen molar-refractivity contribution < 1.29 is 4.74 Å². The lowest BCUT2D eigenvalue weighted by molar-refractivity contribution is -0.112. The number of nitrogens with zero attached hydrogens (tertiary/aromatic N) is 7. The van der Waals surface area contributed by atoms with Crippen molar-refractivity contribution in [1.29, 1.82) is 0 Å². The van der Waals surface area contributed by atoms with Gasteiger partial charge in [0.1, 0.15) is 11.9 Å². The van der Waals surface area contributed by atoms with Crippen LogP contribution < -0.4 is 0 Å². The maximum absolute atomic E-state index is 6.53. The molecule has 35 heavy (non-hydrogen) atoms. The Morgan fingerprint density at radius 2 is 2.11 bits per heavy atom.